The lowest BCUT2D eigenvalue weighted by Gasteiger charge is -2.21. The molecule has 0 aliphatic heterocycles. The molecule has 3 N–H and O–H groups in total. The molecule has 0 radical (unpaired) electrons. The Morgan fingerprint density at radius 3 is 0.826 bits per heavy atom. The normalized spacial score (nSPS) is 14.7. The number of rotatable bonds is 64. The highest BCUT2D eigenvalue weighted by molar-refractivity contribution is 7.47. The molecule has 86 heavy (non-hydrogen) atoms. The number of ether oxygens (including phenoxy) is 4. The van der Waals surface area contributed by atoms with Crippen LogP contribution < -0.4 is 0 Å². The molecule has 19 heteroatoms. The van der Waals surface area contributed by atoms with Crippen molar-refractivity contribution in [1.29, 1.82) is 0 Å². The van der Waals surface area contributed by atoms with Gasteiger partial charge >= 0.3 is 39.5 Å². The fraction of sp³-hybridized carbons (Fsp3) is 0.940. The maximum atomic E-state index is 13.0. The summed E-state index contributed by atoms with van der Waals surface area (Å²) in [5.41, 5.74) is 0. The van der Waals surface area contributed by atoms with E-state index in [-0.39, 0.29) is 25.7 Å². The monoisotopic (exact) mass is 1270 g/mol. The molecule has 17 nitrogen and oxygen atoms in total. The van der Waals surface area contributed by atoms with Gasteiger partial charge in [0.1, 0.15) is 19.3 Å². The number of phosphoric acid groups is 2. The summed E-state index contributed by atoms with van der Waals surface area (Å²) in [7, 11) is -9.89. The Bertz CT molecular complexity index is 1720. The fourth-order valence-corrected chi connectivity index (χ4v) is 11.5. The van der Waals surface area contributed by atoms with Crippen molar-refractivity contribution in [1.82, 2.24) is 0 Å². The third kappa shape index (κ3) is 59.7. The van der Waals surface area contributed by atoms with E-state index in [1.165, 1.54) is 122 Å². The molecule has 0 saturated carbocycles. The van der Waals surface area contributed by atoms with E-state index in [1.54, 1.807) is 0 Å². The summed E-state index contributed by atoms with van der Waals surface area (Å²) in [5.74, 6) is 0.769. The third-order valence-electron chi connectivity index (χ3n) is 15.7. The quantitative estimate of drug-likeness (QED) is 0.0222. The molecule has 510 valence electrons. The molecule has 0 bridgehead atoms. The lowest BCUT2D eigenvalue weighted by Crippen LogP contribution is -2.30. The Morgan fingerprint density at radius 1 is 0.326 bits per heavy atom. The first-order valence-electron chi connectivity index (χ1n) is 34.7. The van der Waals surface area contributed by atoms with Crippen molar-refractivity contribution in [2.45, 2.75) is 343 Å². The van der Waals surface area contributed by atoms with Crippen molar-refractivity contribution in [3.63, 3.8) is 0 Å². The molecule has 0 aromatic carbocycles. The van der Waals surface area contributed by atoms with Gasteiger partial charge in [0, 0.05) is 25.7 Å². The summed E-state index contributed by atoms with van der Waals surface area (Å²) >= 11 is 0. The summed E-state index contributed by atoms with van der Waals surface area (Å²) < 4.78 is 68.1. The minimum Gasteiger partial charge on any atom is -0.462 e. The van der Waals surface area contributed by atoms with Crippen LogP contribution in [0.4, 0.5) is 0 Å². The van der Waals surface area contributed by atoms with Gasteiger partial charge in [-0.3, -0.25) is 37.3 Å². The highest BCUT2D eigenvalue weighted by Crippen LogP contribution is 2.45. The van der Waals surface area contributed by atoms with Crippen LogP contribution in [0, 0.1) is 23.7 Å². The van der Waals surface area contributed by atoms with Gasteiger partial charge in [-0.2, -0.15) is 0 Å². The predicted octanol–water partition coefficient (Wildman–Crippen LogP) is 18.5. The summed E-state index contributed by atoms with van der Waals surface area (Å²) in [6, 6.07) is 0. The van der Waals surface area contributed by atoms with Gasteiger partial charge in [0.05, 0.1) is 26.4 Å². The zero-order chi connectivity index (χ0) is 63.9. The van der Waals surface area contributed by atoms with Crippen molar-refractivity contribution < 1.29 is 80.2 Å². The molecule has 0 rings (SSSR count). The Kier molecular flexibility index (Phi) is 55.7. The zero-order valence-corrected chi connectivity index (χ0v) is 57.7. The molecule has 0 spiro atoms. The molecular formula is C67H130O17P2. The number of carbonyl (C=O) groups is 4. The fourth-order valence-electron chi connectivity index (χ4n) is 9.93. The molecule has 0 fully saturated rings. The van der Waals surface area contributed by atoms with Gasteiger partial charge in [0.25, 0.3) is 0 Å². The highest BCUT2D eigenvalue weighted by atomic mass is 31.2. The largest absolute Gasteiger partial charge is 0.472 e. The van der Waals surface area contributed by atoms with Crippen LogP contribution in [0.25, 0.3) is 0 Å². The number of hydrogen-bond donors (Lipinski definition) is 3. The maximum absolute atomic E-state index is 13.0. The van der Waals surface area contributed by atoms with Crippen LogP contribution in [0.15, 0.2) is 0 Å². The topological polar surface area (TPSA) is 237 Å². The zero-order valence-electron chi connectivity index (χ0n) is 55.9. The molecule has 3 unspecified atom stereocenters. The number of unbranched alkanes of at least 4 members (excludes halogenated alkanes) is 29. The van der Waals surface area contributed by atoms with Gasteiger partial charge < -0.3 is 33.8 Å². The van der Waals surface area contributed by atoms with Crippen LogP contribution in [-0.2, 0) is 65.4 Å². The molecule has 6 atom stereocenters. The van der Waals surface area contributed by atoms with E-state index in [4.69, 9.17) is 37.0 Å². The van der Waals surface area contributed by atoms with Crippen molar-refractivity contribution in [2.75, 3.05) is 39.6 Å². The van der Waals surface area contributed by atoms with Gasteiger partial charge in [0.15, 0.2) is 12.2 Å². The van der Waals surface area contributed by atoms with Gasteiger partial charge in [-0.1, -0.05) is 274 Å². The number of aliphatic hydroxyl groups is 1. The number of aliphatic hydroxyl groups excluding tert-OH is 1. The second kappa shape index (κ2) is 57.0. The van der Waals surface area contributed by atoms with Gasteiger partial charge in [-0.25, -0.2) is 9.13 Å². The summed E-state index contributed by atoms with van der Waals surface area (Å²) in [4.78, 5) is 72.3. The standard InChI is InChI=1S/C67H130O17P2/c1-9-60(8)46-38-30-20-17-18-22-33-41-49-66(71)83-62(53-77-64(69)47-39-31-21-16-14-12-10-11-13-15-19-27-35-43-57(2)3)55-81-85(73,74)79-51-61(68)52-80-86(75,76)82-56-63(84-67(72)50-42-34-26-24-29-37-45-59(6)7)54-78-65(70)48-40-32-25-23-28-36-44-58(4)5/h57-63,68H,9-56H2,1-8H3,(H,73,74)(H,75,76)/t60?,61-,62-,63-/m1/s1. The van der Waals surface area contributed by atoms with E-state index in [2.05, 4.69) is 55.4 Å². The maximum Gasteiger partial charge on any atom is 0.472 e. The lowest BCUT2D eigenvalue weighted by atomic mass is 9.99. The van der Waals surface area contributed by atoms with Gasteiger partial charge in [-0.05, 0) is 49.4 Å². The van der Waals surface area contributed by atoms with Crippen molar-refractivity contribution in [2.24, 2.45) is 23.7 Å². The van der Waals surface area contributed by atoms with E-state index in [0.29, 0.717) is 37.5 Å². The van der Waals surface area contributed by atoms with Crippen molar-refractivity contribution in [3.05, 3.63) is 0 Å². The van der Waals surface area contributed by atoms with Gasteiger partial charge in [0.2, 0.25) is 0 Å². The second-order valence-electron chi connectivity index (χ2n) is 25.9. The third-order valence-corrected chi connectivity index (χ3v) is 17.6. The average Bonchev–Trinajstić information content (AvgIpc) is 3.52. The van der Waals surface area contributed by atoms with E-state index in [0.717, 1.165) is 108 Å². The average molecular weight is 1270 g/mol. The number of carbonyl (C=O) groups excluding carboxylic acids is 4. The summed E-state index contributed by atoms with van der Waals surface area (Å²) in [6.07, 6.45) is 37.9. The van der Waals surface area contributed by atoms with Crippen LogP contribution in [0.3, 0.4) is 0 Å². The van der Waals surface area contributed by atoms with Crippen LogP contribution in [0.5, 0.6) is 0 Å². The first kappa shape index (κ1) is 84.1. The first-order valence-corrected chi connectivity index (χ1v) is 37.7. The minimum atomic E-state index is -4.95. The van der Waals surface area contributed by atoms with Crippen LogP contribution in [0.2, 0.25) is 0 Å². The van der Waals surface area contributed by atoms with Crippen molar-refractivity contribution in [3.8, 4) is 0 Å². The van der Waals surface area contributed by atoms with E-state index < -0.39 is 97.5 Å². The van der Waals surface area contributed by atoms with Gasteiger partial charge in [-0.15, -0.1) is 0 Å². The Hall–Kier alpha value is -1.94. The Labute approximate surface area is 524 Å². The smallest absolute Gasteiger partial charge is 0.462 e. The minimum absolute atomic E-state index is 0.100. The van der Waals surface area contributed by atoms with E-state index in [1.807, 2.05) is 0 Å². The number of phosphoric ester groups is 2. The molecular weight excluding hydrogens is 1140 g/mol. The highest BCUT2D eigenvalue weighted by Gasteiger charge is 2.30. The number of esters is 4. The molecule has 0 heterocycles. The molecule has 0 saturated heterocycles. The number of hydrogen-bond acceptors (Lipinski definition) is 15. The molecule has 0 aromatic heterocycles. The van der Waals surface area contributed by atoms with Crippen LogP contribution in [-0.4, -0.2) is 96.7 Å². The predicted molar refractivity (Wildman–Crippen MR) is 344 cm³/mol. The molecule has 0 aromatic rings. The van der Waals surface area contributed by atoms with Crippen molar-refractivity contribution >= 4 is 39.5 Å². The summed E-state index contributed by atoms with van der Waals surface area (Å²) in [5, 5.41) is 10.5. The molecule has 0 amide bonds. The second-order valence-corrected chi connectivity index (χ2v) is 28.8. The van der Waals surface area contributed by atoms with E-state index >= 15 is 0 Å². The Balaban J connectivity index is 5.22. The SMILES string of the molecule is CCC(C)CCCCCCCCCCC(=O)O[C@H](COC(=O)CCCCCCCCCCCCCCCC(C)C)COP(=O)(O)OC[C@@H](O)COP(=O)(O)OC[C@@H](COC(=O)CCCCCCCCC(C)C)OC(=O)CCCCCCCCC(C)C. The lowest BCUT2D eigenvalue weighted by molar-refractivity contribution is -0.161. The molecule has 0 aliphatic carbocycles. The van der Waals surface area contributed by atoms with Crippen LogP contribution >= 0.6 is 15.6 Å². The van der Waals surface area contributed by atoms with Crippen LogP contribution in [0.1, 0.15) is 325 Å². The molecule has 0 aliphatic rings. The Morgan fingerprint density at radius 2 is 0.558 bits per heavy atom. The summed E-state index contributed by atoms with van der Waals surface area (Å²) in [6.45, 7) is 14.0. The first-order chi connectivity index (χ1) is 41.1. The van der Waals surface area contributed by atoms with E-state index in [9.17, 15) is 43.2 Å².